The molecule has 0 unspecified atom stereocenters. The maximum atomic E-state index is 8.94. The molecule has 7 heteroatoms. The molecule has 0 amide bonds. The van der Waals surface area contributed by atoms with Gasteiger partial charge in [0.1, 0.15) is 11.7 Å². The minimum Gasteiger partial charge on any atom is -0.394 e. The number of hydrogen-bond acceptors (Lipinski definition) is 3. The maximum absolute atomic E-state index is 8.94. The second-order valence-corrected chi connectivity index (χ2v) is 7.95. The van der Waals surface area contributed by atoms with Crippen molar-refractivity contribution in [3.8, 4) is 22.5 Å². The topological polar surface area (TPSA) is 140 Å². The average molecular weight is 437 g/mol. The lowest BCUT2D eigenvalue weighted by Crippen LogP contribution is -2.14. The lowest BCUT2D eigenvalue weighted by Gasteiger charge is -2.02. The molecule has 0 aliphatic rings. The number of amidine groups is 2. The molecule has 7 nitrogen and oxygen atoms in total. The predicted octanol–water partition coefficient (Wildman–Crippen LogP) is 3.96. The fourth-order valence-corrected chi connectivity index (χ4v) is 3.98. The van der Waals surface area contributed by atoms with Crippen LogP contribution >= 0.6 is 0 Å². The fraction of sp³-hybridized carbons (Fsp3) is 0.0769. The molecule has 0 aliphatic carbocycles. The van der Waals surface area contributed by atoms with Gasteiger partial charge in [-0.3, -0.25) is 10.4 Å². The summed E-state index contributed by atoms with van der Waals surface area (Å²) in [5.41, 5.74) is 19.3. The Morgan fingerprint density at radius 3 is 1.79 bits per heavy atom. The van der Waals surface area contributed by atoms with Crippen LogP contribution in [0.1, 0.15) is 11.1 Å². The van der Waals surface area contributed by atoms with Gasteiger partial charge in [0, 0.05) is 44.3 Å². The first-order chi connectivity index (χ1) is 16.0. The summed E-state index contributed by atoms with van der Waals surface area (Å²) in [5.74, 6) is 0.475. The van der Waals surface area contributed by atoms with E-state index in [1.807, 2.05) is 36.4 Å². The van der Waals surface area contributed by atoms with Crippen molar-refractivity contribution >= 4 is 33.5 Å². The van der Waals surface area contributed by atoms with Crippen molar-refractivity contribution in [2.24, 2.45) is 16.5 Å². The molecule has 3 aromatic carbocycles. The van der Waals surface area contributed by atoms with Gasteiger partial charge in [-0.05, 0) is 35.4 Å². The summed E-state index contributed by atoms with van der Waals surface area (Å²) in [5, 5.41) is 18.7. The van der Waals surface area contributed by atoms with Crippen LogP contribution < -0.4 is 11.5 Å². The van der Waals surface area contributed by atoms with Gasteiger partial charge >= 0.3 is 0 Å². The molecule has 164 valence electrons. The maximum Gasteiger partial charge on any atom is 0.125 e. The molecule has 5 rings (SSSR count). The number of aliphatic hydroxyl groups excluding tert-OH is 1. The summed E-state index contributed by atoms with van der Waals surface area (Å²) in [4.78, 5) is 11.0. The molecule has 0 radical (unpaired) electrons. The number of nitrogens with one attached hydrogen (secondary N) is 3. The minimum absolute atomic E-state index is 0.0243. The molecule has 33 heavy (non-hydrogen) atoms. The van der Waals surface area contributed by atoms with E-state index in [1.165, 1.54) is 0 Å². The Kier molecular flexibility index (Phi) is 5.16. The van der Waals surface area contributed by atoms with E-state index < -0.39 is 0 Å². The van der Waals surface area contributed by atoms with E-state index in [0.29, 0.717) is 17.9 Å². The van der Waals surface area contributed by atoms with Gasteiger partial charge < -0.3 is 26.5 Å². The van der Waals surface area contributed by atoms with E-state index in [1.54, 1.807) is 0 Å². The molecule has 0 spiro atoms. The third kappa shape index (κ3) is 3.97. The summed E-state index contributed by atoms with van der Waals surface area (Å²) in [7, 11) is 0. The first kappa shape index (κ1) is 20.5. The van der Waals surface area contributed by atoms with E-state index in [4.69, 9.17) is 22.0 Å². The number of nitrogen functional groups attached to an aromatic ring is 1. The van der Waals surface area contributed by atoms with E-state index in [-0.39, 0.29) is 12.4 Å². The number of hydrogen-bond donors (Lipinski definition) is 6. The highest BCUT2D eigenvalue weighted by Crippen LogP contribution is 2.29. The Morgan fingerprint density at radius 2 is 1.27 bits per heavy atom. The second-order valence-electron chi connectivity index (χ2n) is 7.95. The minimum atomic E-state index is -0.0243. The van der Waals surface area contributed by atoms with E-state index in [2.05, 4.69) is 51.4 Å². The molecule has 5 aromatic rings. The second kappa shape index (κ2) is 8.29. The number of aliphatic imine (C=N–C) groups is 1. The number of aromatic nitrogens is 2. The zero-order chi connectivity index (χ0) is 22.9. The smallest absolute Gasteiger partial charge is 0.125 e. The number of nitrogens with zero attached hydrogens (tertiary/aromatic N) is 1. The highest BCUT2D eigenvalue weighted by Gasteiger charge is 2.09. The molecule has 0 atom stereocenters. The average Bonchev–Trinajstić information content (AvgIpc) is 3.45. The molecule has 0 fully saturated rings. The standard InChI is InChI=1S/C26H24N6O/c27-25(28)19-7-5-17-11-21(31-23(17)13-19)15-1-3-16(4-2-15)22-12-18-6-8-20(14-24(18)32-22)26(29)30-9-10-33/h1-8,11-14,31-33H,9-10H2,(H3,27,28)(H2,29,30). The number of aromatic amines is 2. The summed E-state index contributed by atoms with van der Waals surface area (Å²) in [6, 6.07) is 24.2. The predicted molar refractivity (Wildman–Crippen MR) is 135 cm³/mol. The molecule has 0 aliphatic heterocycles. The van der Waals surface area contributed by atoms with Crippen molar-refractivity contribution in [1.82, 2.24) is 9.97 Å². The summed E-state index contributed by atoms with van der Waals surface area (Å²) in [6.45, 7) is 0.268. The molecular weight excluding hydrogens is 412 g/mol. The molecule has 0 bridgehead atoms. The third-order valence-electron chi connectivity index (χ3n) is 5.74. The van der Waals surface area contributed by atoms with Crippen molar-refractivity contribution in [2.45, 2.75) is 0 Å². The number of benzene rings is 3. The van der Waals surface area contributed by atoms with Crippen LogP contribution in [0.3, 0.4) is 0 Å². The fourth-order valence-electron chi connectivity index (χ4n) is 3.98. The van der Waals surface area contributed by atoms with Crippen LogP contribution in [0.25, 0.3) is 44.3 Å². The summed E-state index contributed by atoms with van der Waals surface area (Å²) < 4.78 is 0. The lowest BCUT2D eigenvalue weighted by molar-refractivity contribution is 0.307. The largest absolute Gasteiger partial charge is 0.394 e. The molecule has 2 heterocycles. The van der Waals surface area contributed by atoms with Crippen molar-refractivity contribution in [1.29, 1.82) is 5.41 Å². The third-order valence-corrected chi connectivity index (χ3v) is 5.74. The van der Waals surface area contributed by atoms with Crippen molar-refractivity contribution < 1.29 is 5.11 Å². The molecule has 0 saturated carbocycles. The van der Waals surface area contributed by atoms with Crippen LogP contribution in [0.2, 0.25) is 0 Å². The van der Waals surface area contributed by atoms with Crippen molar-refractivity contribution in [3.05, 3.63) is 83.9 Å². The van der Waals surface area contributed by atoms with Crippen LogP contribution in [-0.2, 0) is 0 Å². The van der Waals surface area contributed by atoms with Crippen molar-refractivity contribution in [3.63, 3.8) is 0 Å². The molecule has 8 N–H and O–H groups in total. The van der Waals surface area contributed by atoms with Gasteiger partial charge in [0.15, 0.2) is 0 Å². The number of H-pyrrole nitrogens is 2. The SMILES string of the molecule is N=C(N)c1ccc2cc(-c3ccc(-c4cc5ccc(/C(N)=N/CCO)cc5[nH]4)cc3)[nH]c2c1. The monoisotopic (exact) mass is 436 g/mol. The Labute approximate surface area is 190 Å². The van der Waals surface area contributed by atoms with Crippen molar-refractivity contribution in [2.75, 3.05) is 13.2 Å². The van der Waals surface area contributed by atoms with E-state index in [9.17, 15) is 0 Å². The van der Waals surface area contributed by atoms with Crippen LogP contribution in [0, 0.1) is 5.41 Å². The van der Waals surface area contributed by atoms with Gasteiger partial charge in [0.2, 0.25) is 0 Å². The highest BCUT2D eigenvalue weighted by atomic mass is 16.3. The van der Waals surface area contributed by atoms with Gasteiger partial charge in [-0.2, -0.15) is 0 Å². The van der Waals surface area contributed by atoms with E-state index in [0.717, 1.165) is 49.9 Å². The van der Waals surface area contributed by atoms with Gasteiger partial charge in [-0.1, -0.05) is 48.5 Å². The summed E-state index contributed by atoms with van der Waals surface area (Å²) >= 11 is 0. The number of rotatable bonds is 6. The van der Waals surface area contributed by atoms with Gasteiger partial charge in [-0.25, -0.2) is 0 Å². The first-order valence-corrected chi connectivity index (χ1v) is 10.6. The Hall–Kier alpha value is -4.36. The Morgan fingerprint density at radius 1 is 0.758 bits per heavy atom. The van der Waals surface area contributed by atoms with E-state index >= 15 is 0 Å². The quantitative estimate of drug-likeness (QED) is 0.177. The number of nitrogens with two attached hydrogens (primary N) is 2. The van der Waals surface area contributed by atoms with Gasteiger partial charge in [0.05, 0.1) is 13.2 Å². The van der Waals surface area contributed by atoms with Gasteiger partial charge in [0.25, 0.3) is 0 Å². The number of fused-ring (bicyclic) bond motifs is 2. The Balaban J connectivity index is 1.43. The summed E-state index contributed by atoms with van der Waals surface area (Å²) in [6.07, 6.45) is 0. The first-order valence-electron chi connectivity index (χ1n) is 10.6. The Bertz CT molecular complexity index is 1510. The lowest BCUT2D eigenvalue weighted by atomic mass is 10.1. The van der Waals surface area contributed by atoms with Crippen LogP contribution in [0.4, 0.5) is 0 Å². The zero-order valence-corrected chi connectivity index (χ0v) is 17.9. The van der Waals surface area contributed by atoms with Gasteiger partial charge in [-0.15, -0.1) is 0 Å². The van der Waals surface area contributed by atoms with Crippen LogP contribution in [-0.4, -0.2) is 39.9 Å². The number of aliphatic hydroxyl groups is 1. The normalized spacial score (nSPS) is 12.0. The van der Waals surface area contributed by atoms with Crippen LogP contribution in [0.15, 0.2) is 77.8 Å². The zero-order valence-electron chi connectivity index (χ0n) is 17.9. The van der Waals surface area contributed by atoms with Crippen LogP contribution in [0.5, 0.6) is 0 Å². The molecule has 0 saturated heterocycles. The highest BCUT2D eigenvalue weighted by molar-refractivity contribution is 6.01. The molecular formula is C26H24N6O. The molecule has 2 aromatic heterocycles.